The van der Waals surface area contributed by atoms with Gasteiger partial charge in [-0.1, -0.05) is 42.3 Å². The van der Waals surface area contributed by atoms with Gasteiger partial charge in [0.1, 0.15) is 5.82 Å². The van der Waals surface area contributed by atoms with E-state index in [1.54, 1.807) is 6.20 Å². The van der Waals surface area contributed by atoms with Crippen LogP contribution >= 0.6 is 23.2 Å². The van der Waals surface area contributed by atoms with Crippen molar-refractivity contribution >= 4 is 29.0 Å². The van der Waals surface area contributed by atoms with Gasteiger partial charge in [-0.25, -0.2) is 4.98 Å². The summed E-state index contributed by atoms with van der Waals surface area (Å²) >= 11 is 12.1. The monoisotopic (exact) mass is 323 g/mol. The van der Waals surface area contributed by atoms with Crippen LogP contribution in [0.4, 0.5) is 5.82 Å². The Morgan fingerprint density at radius 3 is 2.71 bits per heavy atom. The molecule has 0 bridgehead atoms. The van der Waals surface area contributed by atoms with E-state index in [0.717, 1.165) is 30.5 Å². The number of pyridine rings is 1. The number of nitrogens with one attached hydrogen (secondary N) is 1. The Morgan fingerprint density at radius 2 is 2.05 bits per heavy atom. The van der Waals surface area contributed by atoms with Gasteiger partial charge in [-0.3, -0.25) is 0 Å². The first-order valence-electron chi connectivity index (χ1n) is 6.99. The van der Waals surface area contributed by atoms with E-state index >= 15 is 0 Å². The lowest BCUT2D eigenvalue weighted by Gasteiger charge is -2.20. The number of nitrogens with zero attached hydrogens (tertiary/aromatic N) is 1. The third-order valence-corrected chi connectivity index (χ3v) is 4.08. The first-order chi connectivity index (χ1) is 10.1. The molecule has 0 aliphatic rings. The van der Waals surface area contributed by atoms with Crippen molar-refractivity contribution in [2.45, 2.75) is 25.8 Å². The largest absolute Gasteiger partial charge is 0.383 e. The van der Waals surface area contributed by atoms with Crippen LogP contribution in [0, 0.1) is 0 Å². The van der Waals surface area contributed by atoms with Crippen molar-refractivity contribution in [1.29, 1.82) is 0 Å². The fraction of sp³-hybridized carbons (Fsp3) is 0.312. The third-order valence-electron chi connectivity index (χ3n) is 3.34. The summed E-state index contributed by atoms with van der Waals surface area (Å²) in [7, 11) is 0. The van der Waals surface area contributed by atoms with Crippen molar-refractivity contribution in [2.24, 2.45) is 0 Å². The van der Waals surface area contributed by atoms with Crippen LogP contribution in [0.3, 0.4) is 0 Å². The number of nitrogens with two attached hydrogens (primary N) is 1. The zero-order valence-corrected chi connectivity index (χ0v) is 13.5. The molecule has 1 aromatic carbocycles. The summed E-state index contributed by atoms with van der Waals surface area (Å²) in [5, 5.41) is 4.65. The SMILES string of the molecule is CCCNC(Cc1cccnc1N)c1ccc(Cl)c(Cl)c1. The number of aromatic nitrogens is 1. The Bertz CT molecular complexity index is 602. The zero-order valence-electron chi connectivity index (χ0n) is 11.9. The van der Waals surface area contributed by atoms with Gasteiger partial charge >= 0.3 is 0 Å². The molecular weight excluding hydrogens is 305 g/mol. The number of hydrogen-bond acceptors (Lipinski definition) is 3. The molecule has 0 saturated carbocycles. The first kappa shape index (κ1) is 16.1. The number of halogens is 2. The van der Waals surface area contributed by atoms with Crippen LogP contribution in [0.25, 0.3) is 0 Å². The number of hydrogen-bond donors (Lipinski definition) is 2. The van der Waals surface area contributed by atoms with Crippen LogP contribution in [0.2, 0.25) is 10.0 Å². The molecule has 3 nitrogen and oxygen atoms in total. The minimum absolute atomic E-state index is 0.131. The first-order valence-corrected chi connectivity index (χ1v) is 7.75. The molecule has 2 rings (SSSR count). The molecule has 0 aliphatic heterocycles. The number of nitrogen functional groups attached to an aromatic ring is 1. The van der Waals surface area contributed by atoms with E-state index in [9.17, 15) is 0 Å². The molecule has 1 unspecified atom stereocenters. The molecule has 0 fully saturated rings. The summed E-state index contributed by atoms with van der Waals surface area (Å²) < 4.78 is 0. The number of rotatable bonds is 6. The van der Waals surface area contributed by atoms with Crippen molar-refractivity contribution in [3.05, 3.63) is 57.7 Å². The van der Waals surface area contributed by atoms with Crippen molar-refractivity contribution < 1.29 is 0 Å². The van der Waals surface area contributed by atoms with Crippen LogP contribution in [0.5, 0.6) is 0 Å². The summed E-state index contributed by atoms with van der Waals surface area (Å²) in [5.41, 5.74) is 8.07. The van der Waals surface area contributed by atoms with Gasteiger partial charge < -0.3 is 11.1 Å². The summed E-state index contributed by atoms with van der Waals surface area (Å²) in [4.78, 5) is 4.14. The Labute approximate surface area is 135 Å². The summed E-state index contributed by atoms with van der Waals surface area (Å²) in [5.74, 6) is 0.570. The second-order valence-electron chi connectivity index (χ2n) is 4.93. The average Bonchev–Trinajstić information content (AvgIpc) is 2.48. The van der Waals surface area contributed by atoms with E-state index < -0.39 is 0 Å². The Hall–Kier alpha value is -1.29. The van der Waals surface area contributed by atoms with E-state index in [4.69, 9.17) is 28.9 Å². The van der Waals surface area contributed by atoms with Crippen molar-refractivity contribution in [1.82, 2.24) is 10.3 Å². The molecule has 2 aromatic rings. The Morgan fingerprint density at radius 1 is 1.24 bits per heavy atom. The van der Waals surface area contributed by atoms with Crippen molar-refractivity contribution in [3.63, 3.8) is 0 Å². The maximum Gasteiger partial charge on any atom is 0.126 e. The Kier molecular flexibility index (Phi) is 5.85. The van der Waals surface area contributed by atoms with Gasteiger partial charge in [-0.2, -0.15) is 0 Å². The predicted molar refractivity (Wildman–Crippen MR) is 89.9 cm³/mol. The highest BCUT2D eigenvalue weighted by Gasteiger charge is 2.14. The Balaban J connectivity index is 2.25. The molecule has 5 heteroatoms. The highest BCUT2D eigenvalue weighted by Crippen LogP contribution is 2.28. The molecule has 0 aliphatic carbocycles. The quantitative estimate of drug-likeness (QED) is 0.835. The highest BCUT2D eigenvalue weighted by molar-refractivity contribution is 6.42. The highest BCUT2D eigenvalue weighted by atomic mass is 35.5. The molecule has 3 N–H and O–H groups in total. The standard InChI is InChI=1S/C16H19Cl2N3/c1-2-7-20-15(10-12-4-3-8-21-16(12)19)11-5-6-13(17)14(18)9-11/h3-6,8-9,15,20H,2,7,10H2,1H3,(H2,19,21). The van der Waals surface area contributed by atoms with Crippen LogP contribution < -0.4 is 11.1 Å². The smallest absolute Gasteiger partial charge is 0.126 e. The van der Waals surface area contributed by atoms with Crippen LogP contribution in [0.1, 0.15) is 30.5 Å². The van der Waals surface area contributed by atoms with Gasteiger partial charge in [0.15, 0.2) is 0 Å². The molecular formula is C16H19Cl2N3. The van der Waals surface area contributed by atoms with Gasteiger partial charge in [0.05, 0.1) is 10.0 Å². The zero-order chi connectivity index (χ0) is 15.2. The number of benzene rings is 1. The summed E-state index contributed by atoms with van der Waals surface area (Å²) in [6.45, 7) is 3.06. The fourth-order valence-corrected chi connectivity index (χ4v) is 2.51. The molecule has 0 amide bonds. The minimum atomic E-state index is 0.131. The summed E-state index contributed by atoms with van der Waals surface area (Å²) in [6, 6.07) is 9.76. The minimum Gasteiger partial charge on any atom is -0.383 e. The maximum atomic E-state index is 6.13. The van der Waals surface area contributed by atoms with E-state index in [1.165, 1.54) is 0 Å². The van der Waals surface area contributed by atoms with E-state index in [1.807, 2.05) is 30.3 Å². The lowest BCUT2D eigenvalue weighted by Crippen LogP contribution is -2.24. The van der Waals surface area contributed by atoms with Gasteiger partial charge in [0.25, 0.3) is 0 Å². The molecule has 1 atom stereocenters. The molecule has 0 spiro atoms. The van der Waals surface area contributed by atoms with Crippen molar-refractivity contribution in [3.8, 4) is 0 Å². The second kappa shape index (κ2) is 7.64. The van der Waals surface area contributed by atoms with Crippen LogP contribution in [-0.4, -0.2) is 11.5 Å². The predicted octanol–water partition coefficient (Wildman–Crippen LogP) is 4.25. The molecule has 1 heterocycles. The van der Waals surface area contributed by atoms with E-state index in [2.05, 4.69) is 17.2 Å². The molecule has 1 aromatic heterocycles. The molecule has 112 valence electrons. The fourth-order valence-electron chi connectivity index (χ4n) is 2.20. The molecule has 0 saturated heterocycles. The number of anilines is 1. The lowest BCUT2D eigenvalue weighted by molar-refractivity contribution is 0.529. The lowest BCUT2D eigenvalue weighted by atomic mass is 9.99. The topological polar surface area (TPSA) is 50.9 Å². The van der Waals surface area contributed by atoms with Gasteiger partial charge in [-0.05, 0) is 48.7 Å². The van der Waals surface area contributed by atoms with Gasteiger partial charge in [0.2, 0.25) is 0 Å². The molecule has 0 radical (unpaired) electrons. The third kappa shape index (κ3) is 4.34. The van der Waals surface area contributed by atoms with Crippen molar-refractivity contribution in [2.75, 3.05) is 12.3 Å². The second-order valence-corrected chi connectivity index (χ2v) is 5.75. The van der Waals surface area contributed by atoms with Crippen LogP contribution in [0.15, 0.2) is 36.5 Å². The maximum absolute atomic E-state index is 6.13. The molecule has 21 heavy (non-hydrogen) atoms. The van der Waals surface area contributed by atoms with Gasteiger partial charge in [0, 0.05) is 12.2 Å². The average molecular weight is 324 g/mol. The van der Waals surface area contributed by atoms with Gasteiger partial charge in [-0.15, -0.1) is 0 Å². The van der Waals surface area contributed by atoms with E-state index in [-0.39, 0.29) is 6.04 Å². The normalized spacial score (nSPS) is 12.3. The summed E-state index contributed by atoms with van der Waals surface area (Å²) in [6.07, 6.45) is 3.52. The van der Waals surface area contributed by atoms with Crippen LogP contribution in [-0.2, 0) is 6.42 Å². The van der Waals surface area contributed by atoms with E-state index in [0.29, 0.717) is 15.9 Å².